The zero-order valence-corrected chi connectivity index (χ0v) is 14.2. The number of rotatable bonds is 3. The van der Waals surface area contributed by atoms with Gasteiger partial charge in [0.2, 0.25) is 0 Å². The maximum Gasteiger partial charge on any atom is 0.136 e. The van der Waals surface area contributed by atoms with Crippen molar-refractivity contribution in [2.45, 2.75) is 6.92 Å². The minimum absolute atomic E-state index is 0.446. The highest BCUT2D eigenvalue weighted by Gasteiger charge is 2.18. The monoisotopic (exact) mass is 334 g/mol. The van der Waals surface area contributed by atoms with E-state index in [1.165, 1.54) is 0 Å². The summed E-state index contributed by atoms with van der Waals surface area (Å²) in [7, 11) is 1.60. The third kappa shape index (κ3) is 2.51. The third-order valence-electron chi connectivity index (χ3n) is 3.96. The number of fused-ring (bicyclic) bond motifs is 1. The second-order valence-electron chi connectivity index (χ2n) is 5.46. The zero-order chi connectivity index (χ0) is 17.3. The fourth-order valence-corrected chi connectivity index (χ4v) is 3.18. The van der Waals surface area contributed by atoms with Gasteiger partial charge >= 0.3 is 0 Å². The number of nitriles is 1. The minimum Gasteiger partial charge on any atom is -0.496 e. The van der Waals surface area contributed by atoms with E-state index >= 15 is 0 Å². The summed E-state index contributed by atoms with van der Waals surface area (Å²) in [6, 6.07) is 13.5. The van der Waals surface area contributed by atoms with Crippen molar-refractivity contribution in [2.75, 3.05) is 7.11 Å². The highest BCUT2D eigenvalue weighted by molar-refractivity contribution is 6.34. The van der Waals surface area contributed by atoms with Gasteiger partial charge in [-0.3, -0.25) is 0 Å². The maximum absolute atomic E-state index is 9.53. The molecule has 2 aromatic carbocycles. The number of benzene rings is 2. The Morgan fingerprint density at radius 2 is 2.00 bits per heavy atom. The van der Waals surface area contributed by atoms with Crippen molar-refractivity contribution in [3.8, 4) is 22.9 Å². The second kappa shape index (κ2) is 6.35. The van der Waals surface area contributed by atoms with Crippen LogP contribution in [0.25, 0.3) is 27.5 Å². The number of nitrogens with zero attached hydrogens (tertiary/aromatic N) is 2. The van der Waals surface area contributed by atoms with Gasteiger partial charge in [0.25, 0.3) is 0 Å². The Bertz CT molecular complexity index is 1000. The molecule has 24 heavy (non-hydrogen) atoms. The first-order valence-corrected chi connectivity index (χ1v) is 7.76. The van der Waals surface area contributed by atoms with Crippen molar-refractivity contribution in [1.82, 2.24) is 4.98 Å². The smallest absolute Gasteiger partial charge is 0.136 e. The molecule has 0 spiro atoms. The summed E-state index contributed by atoms with van der Waals surface area (Å²) in [5.74, 6) is 0.649. The third-order valence-corrected chi connectivity index (χ3v) is 4.26. The van der Waals surface area contributed by atoms with Crippen molar-refractivity contribution in [2.24, 2.45) is 0 Å². The van der Waals surface area contributed by atoms with E-state index < -0.39 is 0 Å². The van der Waals surface area contributed by atoms with Crippen molar-refractivity contribution >= 4 is 27.9 Å². The van der Waals surface area contributed by atoms with Gasteiger partial charge < -0.3 is 4.74 Å². The van der Waals surface area contributed by atoms with E-state index in [-0.39, 0.29) is 0 Å². The van der Waals surface area contributed by atoms with Gasteiger partial charge in [-0.1, -0.05) is 36.4 Å². The fraction of sp³-hybridized carbons (Fsp3) is 0.100. The molecule has 4 heteroatoms. The van der Waals surface area contributed by atoms with Crippen molar-refractivity contribution in [1.29, 1.82) is 5.26 Å². The predicted molar refractivity (Wildman–Crippen MR) is 98.2 cm³/mol. The molecule has 1 aromatic heterocycles. The molecule has 0 N–H and O–H groups in total. The lowest BCUT2D eigenvalue weighted by Crippen LogP contribution is -1.96. The molecule has 0 aliphatic heterocycles. The summed E-state index contributed by atoms with van der Waals surface area (Å²) in [6.07, 6.45) is 1.67. The Balaban J connectivity index is 2.47. The summed E-state index contributed by atoms with van der Waals surface area (Å²) in [4.78, 5) is 4.14. The van der Waals surface area contributed by atoms with Crippen LogP contribution in [0.1, 0.15) is 18.1 Å². The predicted octanol–water partition coefficient (Wildman–Crippen LogP) is 5.47. The Morgan fingerprint density at radius 1 is 1.21 bits per heavy atom. The molecule has 0 amide bonds. The van der Waals surface area contributed by atoms with Gasteiger partial charge in [-0.2, -0.15) is 5.26 Å². The Labute approximate surface area is 145 Å². The zero-order valence-electron chi connectivity index (χ0n) is 13.4. The van der Waals surface area contributed by atoms with Crippen LogP contribution in [0.15, 0.2) is 49.2 Å². The van der Waals surface area contributed by atoms with Crippen LogP contribution in [0, 0.1) is 11.3 Å². The molecule has 0 unspecified atom stereocenters. The van der Waals surface area contributed by atoms with Crippen LogP contribution in [0.3, 0.4) is 0 Å². The topological polar surface area (TPSA) is 45.9 Å². The lowest BCUT2D eigenvalue weighted by Gasteiger charge is -2.17. The number of methoxy groups -OCH3 is 1. The van der Waals surface area contributed by atoms with Gasteiger partial charge in [-0.25, -0.2) is 4.98 Å². The van der Waals surface area contributed by atoms with Gasteiger partial charge in [-0.15, -0.1) is 0 Å². The van der Waals surface area contributed by atoms with Crippen molar-refractivity contribution < 1.29 is 4.74 Å². The number of halogens is 1. The van der Waals surface area contributed by atoms with E-state index in [2.05, 4.69) is 17.6 Å². The lowest BCUT2D eigenvalue weighted by molar-refractivity contribution is 0.416. The van der Waals surface area contributed by atoms with Crippen molar-refractivity contribution in [3.63, 3.8) is 0 Å². The van der Waals surface area contributed by atoms with Gasteiger partial charge in [0.05, 0.1) is 18.7 Å². The van der Waals surface area contributed by atoms with E-state index in [9.17, 15) is 5.26 Å². The number of aromatic nitrogens is 1. The first kappa shape index (κ1) is 16.0. The van der Waals surface area contributed by atoms with E-state index in [0.717, 1.165) is 33.0 Å². The largest absolute Gasteiger partial charge is 0.496 e. The molecule has 0 aliphatic rings. The van der Waals surface area contributed by atoms with Gasteiger partial charge in [0, 0.05) is 17.1 Å². The molecule has 0 saturated carbocycles. The maximum atomic E-state index is 9.53. The molecule has 0 fully saturated rings. The van der Waals surface area contributed by atoms with E-state index in [4.69, 9.17) is 16.3 Å². The van der Waals surface area contributed by atoms with Crippen LogP contribution in [0.5, 0.6) is 5.75 Å². The Hall–Kier alpha value is -2.83. The second-order valence-corrected chi connectivity index (χ2v) is 5.82. The van der Waals surface area contributed by atoms with Gasteiger partial charge in [0.15, 0.2) is 0 Å². The summed E-state index contributed by atoms with van der Waals surface area (Å²) >= 11 is 6.23. The lowest BCUT2D eigenvalue weighted by atomic mass is 9.89. The van der Waals surface area contributed by atoms with Gasteiger partial charge in [0.1, 0.15) is 10.9 Å². The molecule has 0 atom stereocenters. The van der Waals surface area contributed by atoms with E-state index in [1.807, 2.05) is 37.3 Å². The van der Waals surface area contributed by atoms with Crippen molar-refractivity contribution in [3.05, 3.63) is 65.5 Å². The SMILES string of the molecule is C=C(C)c1c(-c2c(C#N)cccc2OC)ccc2c(Cl)nccc12. The number of hydrogen-bond acceptors (Lipinski definition) is 3. The molecule has 0 saturated heterocycles. The van der Waals surface area contributed by atoms with E-state index in [1.54, 1.807) is 19.4 Å². The highest BCUT2D eigenvalue weighted by Crippen LogP contribution is 2.41. The molecule has 0 bridgehead atoms. The molecule has 118 valence electrons. The Kier molecular flexibility index (Phi) is 4.24. The molecule has 3 rings (SSSR count). The molecule has 1 heterocycles. The van der Waals surface area contributed by atoms with Gasteiger partial charge in [-0.05, 0) is 47.2 Å². The molecule has 0 radical (unpaired) electrons. The average Bonchev–Trinajstić information content (AvgIpc) is 2.60. The van der Waals surface area contributed by atoms with E-state index in [0.29, 0.717) is 16.5 Å². The van der Waals surface area contributed by atoms with Crippen LogP contribution < -0.4 is 4.74 Å². The highest BCUT2D eigenvalue weighted by atomic mass is 35.5. The number of allylic oxidation sites excluding steroid dienone is 1. The normalized spacial score (nSPS) is 10.4. The number of hydrogen-bond donors (Lipinski definition) is 0. The van der Waals surface area contributed by atoms with Crippen LogP contribution in [0.2, 0.25) is 5.15 Å². The average molecular weight is 335 g/mol. The van der Waals surface area contributed by atoms with Crippen LogP contribution in [-0.4, -0.2) is 12.1 Å². The van der Waals surface area contributed by atoms with Crippen LogP contribution in [-0.2, 0) is 0 Å². The van der Waals surface area contributed by atoms with Crippen LogP contribution >= 0.6 is 11.6 Å². The Morgan fingerprint density at radius 3 is 2.67 bits per heavy atom. The molecular formula is C20H15ClN2O. The number of pyridine rings is 1. The summed E-state index contributed by atoms with van der Waals surface area (Å²) in [5.41, 5.74) is 4.03. The number of ether oxygens (including phenoxy) is 1. The molecule has 3 aromatic rings. The fourth-order valence-electron chi connectivity index (χ4n) is 2.96. The first-order chi connectivity index (χ1) is 11.6. The molecule has 0 aliphatic carbocycles. The first-order valence-electron chi connectivity index (χ1n) is 7.39. The molecular weight excluding hydrogens is 320 g/mol. The minimum atomic E-state index is 0.446. The summed E-state index contributed by atoms with van der Waals surface area (Å²) in [5, 5.41) is 11.8. The van der Waals surface area contributed by atoms with Crippen LogP contribution in [0.4, 0.5) is 0 Å². The summed E-state index contributed by atoms with van der Waals surface area (Å²) in [6.45, 7) is 6.05. The molecule has 3 nitrogen and oxygen atoms in total. The quantitative estimate of drug-likeness (QED) is 0.597. The summed E-state index contributed by atoms with van der Waals surface area (Å²) < 4.78 is 5.49. The standard InChI is InChI=1S/C20H15ClN2O/c1-12(2)18-14-9-10-23-20(21)15(14)7-8-16(18)19-13(11-22)5-4-6-17(19)24-3/h4-10H,1H2,2-3H3.